The van der Waals surface area contributed by atoms with Crippen LogP contribution in [0.25, 0.3) is 0 Å². The molecule has 1 aliphatic rings. The Balaban J connectivity index is 1.64. The van der Waals surface area contributed by atoms with Crippen LogP contribution in [-0.4, -0.2) is 17.9 Å². The number of hydrogen-bond donors (Lipinski definition) is 4. The van der Waals surface area contributed by atoms with Gasteiger partial charge in [0, 0.05) is 18.7 Å². The zero-order valence-electron chi connectivity index (χ0n) is 13.7. The maximum absolute atomic E-state index is 13.7. The molecule has 7 heteroatoms. The van der Waals surface area contributed by atoms with Crippen molar-refractivity contribution in [2.24, 2.45) is 0 Å². The van der Waals surface area contributed by atoms with E-state index in [-0.39, 0.29) is 23.5 Å². The van der Waals surface area contributed by atoms with Crippen molar-refractivity contribution in [2.75, 3.05) is 10.6 Å². The van der Waals surface area contributed by atoms with Gasteiger partial charge in [-0.25, -0.2) is 15.2 Å². The molecule has 1 heterocycles. The lowest BCUT2D eigenvalue weighted by atomic mass is 10.0. The van der Waals surface area contributed by atoms with Gasteiger partial charge in [0.25, 0.3) is 0 Å². The van der Waals surface area contributed by atoms with Gasteiger partial charge in [-0.3, -0.25) is 9.59 Å². The molecule has 0 spiro atoms. The predicted molar refractivity (Wildman–Crippen MR) is 93.2 cm³/mol. The Kier molecular flexibility index (Phi) is 5.06. The van der Waals surface area contributed by atoms with Gasteiger partial charge in [0.15, 0.2) is 0 Å². The number of carbonyl (C=O) groups excluding carboxylic acids is 2. The second-order valence-corrected chi connectivity index (χ2v) is 5.91. The molecular formula is C18H19FN4O2. The summed E-state index contributed by atoms with van der Waals surface area (Å²) >= 11 is 0. The lowest BCUT2D eigenvalue weighted by Gasteiger charge is -2.12. The second kappa shape index (κ2) is 7.42. The molecule has 0 saturated carbocycles. The Hall–Kier alpha value is -2.77. The number of benzene rings is 2. The monoisotopic (exact) mass is 342 g/mol. The maximum Gasteiger partial charge on any atom is 0.242 e. The van der Waals surface area contributed by atoms with E-state index in [9.17, 15) is 14.0 Å². The van der Waals surface area contributed by atoms with Crippen LogP contribution in [0, 0.1) is 5.82 Å². The fourth-order valence-electron chi connectivity index (χ4n) is 2.75. The highest BCUT2D eigenvalue weighted by Gasteiger charge is 2.30. The van der Waals surface area contributed by atoms with Crippen molar-refractivity contribution in [3.8, 4) is 0 Å². The number of hydrogen-bond acceptors (Lipinski definition) is 4. The van der Waals surface area contributed by atoms with Crippen LogP contribution in [0.15, 0.2) is 48.5 Å². The Bertz CT molecular complexity index is 782. The van der Waals surface area contributed by atoms with E-state index in [0.717, 1.165) is 5.56 Å². The lowest BCUT2D eigenvalue weighted by molar-refractivity contribution is -0.118. The number of halogens is 1. The fraction of sp³-hybridized carbons (Fsp3) is 0.222. The highest BCUT2D eigenvalue weighted by Crippen LogP contribution is 2.24. The van der Waals surface area contributed by atoms with Crippen molar-refractivity contribution in [1.82, 2.24) is 10.9 Å². The average Bonchev–Trinajstić information content (AvgIpc) is 3.08. The van der Waals surface area contributed by atoms with E-state index in [1.807, 2.05) is 30.3 Å². The molecule has 0 bridgehead atoms. The number of amides is 2. The first kappa shape index (κ1) is 17.1. The van der Waals surface area contributed by atoms with Crippen LogP contribution >= 0.6 is 0 Å². The molecule has 2 aromatic carbocycles. The summed E-state index contributed by atoms with van der Waals surface area (Å²) in [5, 5.41) is 5.13. The van der Waals surface area contributed by atoms with Gasteiger partial charge in [-0.1, -0.05) is 30.3 Å². The van der Waals surface area contributed by atoms with Crippen LogP contribution < -0.4 is 21.5 Å². The molecule has 2 aromatic rings. The Morgan fingerprint density at radius 1 is 1.08 bits per heavy atom. The van der Waals surface area contributed by atoms with E-state index in [4.69, 9.17) is 0 Å². The van der Waals surface area contributed by atoms with Gasteiger partial charge in [0.1, 0.15) is 11.9 Å². The summed E-state index contributed by atoms with van der Waals surface area (Å²) in [7, 11) is 0. The predicted octanol–water partition coefficient (Wildman–Crippen LogP) is 2.33. The van der Waals surface area contributed by atoms with E-state index in [2.05, 4.69) is 21.5 Å². The Morgan fingerprint density at radius 3 is 2.56 bits per heavy atom. The molecule has 6 nitrogen and oxygen atoms in total. The fourth-order valence-corrected chi connectivity index (χ4v) is 2.75. The van der Waals surface area contributed by atoms with E-state index in [0.29, 0.717) is 12.1 Å². The van der Waals surface area contributed by atoms with Crippen LogP contribution in [0.5, 0.6) is 0 Å². The standard InChI is InChI=1S/C18H19FN4O2/c1-11(24)20-16-9-13(7-8-14(16)19)21-18(25)17-10-15(22-23-17)12-5-3-2-4-6-12/h2-9,15,17,22-23H,10H2,1H3,(H,20,24)(H,21,25). The van der Waals surface area contributed by atoms with Gasteiger partial charge in [-0.15, -0.1) is 0 Å². The third kappa shape index (κ3) is 4.20. The van der Waals surface area contributed by atoms with E-state index in [1.54, 1.807) is 0 Å². The van der Waals surface area contributed by atoms with Gasteiger partial charge in [-0.05, 0) is 30.2 Å². The highest BCUT2D eigenvalue weighted by atomic mass is 19.1. The van der Waals surface area contributed by atoms with Crippen LogP contribution in [0.3, 0.4) is 0 Å². The molecule has 2 amide bonds. The van der Waals surface area contributed by atoms with Crippen LogP contribution in [-0.2, 0) is 9.59 Å². The van der Waals surface area contributed by atoms with Crippen LogP contribution in [0.4, 0.5) is 15.8 Å². The van der Waals surface area contributed by atoms with Gasteiger partial charge >= 0.3 is 0 Å². The summed E-state index contributed by atoms with van der Waals surface area (Å²) in [5.41, 5.74) is 7.63. The summed E-state index contributed by atoms with van der Waals surface area (Å²) in [6.07, 6.45) is 0.593. The quantitative estimate of drug-likeness (QED) is 0.687. The molecule has 3 rings (SSSR count). The number of carbonyl (C=O) groups is 2. The average molecular weight is 342 g/mol. The van der Waals surface area contributed by atoms with Gasteiger partial charge in [0.05, 0.1) is 5.69 Å². The molecule has 0 aromatic heterocycles. The number of nitrogens with one attached hydrogen (secondary N) is 4. The SMILES string of the molecule is CC(=O)Nc1cc(NC(=O)C2CC(c3ccccc3)NN2)ccc1F. The minimum Gasteiger partial charge on any atom is -0.325 e. The lowest BCUT2D eigenvalue weighted by Crippen LogP contribution is -2.39. The maximum atomic E-state index is 13.7. The number of anilines is 2. The van der Waals surface area contributed by atoms with Crippen molar-refractivity contribution < 1.29 is 14.0 Å². The number of rotatable bonds is 4. The van der Waals surface area contributed by atoms with E-state index >= 15 is 0 Å². The van der Waals surface area contributed by atoms with Crippen molar-refractivity contribution in [3.63, 3.8) is 0 Å². The molecule has 130 valence electrons. The smallest absolute Gasteiger partial charge is 0.242 e. The molecular weight excluding hydrogens is 323 g/mol. The second-order valence-electron chi connectivity index (χ2n) is 5.91. The first-order valence-corrected chi connectivity index (χ1v) is 7.97. The van der Waals surface area contributed by atoms with Crippen LogP contribution in [0.2, 0.25) is 0 Å². The molecule has 4 N–H and O–H groups in total. The number of hydrazine groups is 1. The van der Waals surface area contributed by atoms with Gasteiger partial charge in [-0.2, -0.15) is 0 Å². The third-order valence-corrected chi connectivity index (χ3v) is 3.97. The molecule has 1 saturated heterocycles. The van der Waals surface area contributed by atoms with Crippen molar-refractivity contribution in [3.05, 3.63) is 59.9 Å². The van der Waals surface area contributed by atoms with Crippen molar-refractivity contribution in [2.45, 2.75) is 25.4 Å². The Labute approximate surface area is 144 Å². The topological polar surface area (TPSA) is 82.3 Å². The first-order chi connectivity index (χ1) is 12.0. The summed E-state index contributed by atoms with van der Waals surface area (Å²) in [6.45, 7) is 1.29. The summed E-state index contributed by atoms with van der Waals surface area (Å²) in [4.78, 5) is 23.5. The molecule has 25 heavy (non-hydrogen) atoms. The Morgan fingerprint density at radius 2 is 1.84 bits per heavy atom. The van der Waals surface area contributed by atoms with Crippen molar-refractivity contribution >= 4 is 23.2 Å². The molecule has 2 atom stereocenters. The molecule has 1 fully saturated rings. The zero-order valence-corrected chi connectivity index (χ0v) is 13.7. The van der Waals surface area contributed by atoms with Crippen molar-refractivity contribution in [1.29, 1.82) is 0 Å². The molecule has 0 aliphatic carbocycles. The van der Waals surface area contributed by atoms with E-state index < -0.39 is 11.9 Å². The summed E-state index contributed by atoms with van der Waals surface area (Å²) in [5.74, 6) is -1.17. The zero-order chi connectivity index (χ0) is 17.8. The van der Waals surface area contributed by atoms with Gasteiger partial charge in [0.2, 0.25) is 11.8 Å². The van der Waals surface area contributed by atoms with E-state index in [1.165, 1.54) is 25.1 Å². The highest BCUT2D eigenvalue weighted by molar-refractivity contribution is 5.96. The van der Waals surface area contributed by atoms with Crippen LogP contribution in [0.1, 0.15) is 24.9 Å². The summed E-state index contributed by atoms with van der Waals surface area (Å²) in [6, 6.07) is 13.5. The summed E-state index contributed by atoms with van der Waals surface area (Å²) < 4.78 is 13.7. The third-order valence-electron chi connectivity index (χ3n) is 3.97. The normalized spacial score (nSPS) is 19.4. The van der Waals surface area contributed by atoms with Gasteiger partial charge < -0.3 is 10.6 Å². The molecule has 2 unspecified atom stereocenters. The largest absolute Gasteiger partial charge is 0.325 e. The molecule has 0 radical (unpaired) electrons. The minimum atomic E-state index is -0.557. The first-order valence-electron chi connectivity index (χ1n) is 7.97. The molecule has 1 aliphatic heterocycles. The minimum absolute atomic E-state index is 0.0324.